The highest BCUT2D eigenvalue weighted by molar-refractivity contribution is 5.91. The lowest BCUT2D eigenvalue weighted by Crippen LogP contribution is -2.04. The lowest BCUT2D eigenvalue weighted by atomic mass is 10.1. The van der Waals surface area contributed by atoms with Crippen LogP contribution in [0.15, 0.2) is 12.1 Å². The van der Waals surface area contributed by atoms with Crippen molar-refractivity contribution in [1.29, 1.82) is 0 Å². The Labute approximate surface area is 68.6 Å². The van der Waals surface area contributed by atoms with Crippen LogP contribution in [0.25, 0.3) is 0 Å². The first-order chi connectivity index (χ1) is 5.54. The topological polar surface area (TPSA) is 63.3 Å². The van der Waals surface area contributed by atoms with Gasteiger partial charge in [-0.3, -0.25) is 0 Å². The first-order valence-corrected chi connectivity index (χ1v) is 3.32. The predicted octanol–water partition coefficient (Wildman–Crippen LogP) is 1.41. The molecule has 1 aromatic rings. The molecule has 1 rings (SSSR count). The van der Waals surface area contributed by atoms with E-state index >= 15 is 0 Å². The summed E-state index contributed by atoms with van der Waals surface area (Å²) in [6, 6.07) is 2.25. The number of aromatic carboxylic acids is 1. The number of halogens is 1. The Hall–Kier alpha value is -1.58. The van der Waals surface area contributed by atoms with Gasteiger partial charge >= 0.3 is 5.97 Å². The number of carboxylic acids is 1. The second kappa shape index (κ2) is 2.81. The minimum absolute atomic E-state index is 0.0360. The summed E-state index contributed by atoms with van der Waals surface area (Å²) >= 11 is 0. The standard InChI is InChI=1S/C8H8FNO2/c1-4-5(8(11)12)2-3-6(9)7(4)10/h2-3H,10H2,1H3,(H,11,12). The molecule has 0 amide bonds. The summed E-state index contributed by atoms with van der Waals surface area (Å²) in [5.74, 6) is -1.68. The third-order valence-corrected chi connectivity index (χ3v) is 1.69. The van der Waals surface area contributed by atoms with E-state index in [9.17, 15) is 9.18 Å². The lowest BCUT2D eigenvalue weighted by Gasteiger charge is -2.04. The summed E-state index contributed by atoms with van der Waals surface area (Å²) in [6.45, 7) is 1.47. The molecule has 0 saturated heterocycles. The molecule has 4 heteroatoms. The van der Waals surface area contributed by atoms with Crippen molar-refractivity contribution >= 4 is 11.7 Å². The van der Waals surface area contributed by atoms with Crippen LogP contribution in [0, 0.1) is 12.7 Å². The van der Waals surface area contributed by atoms with Gasteiger partial charge in [-0.15, -0.1) is 0 Å². The van der Waals surface area contributed by atoms with Crippen LogP contribution in [-0.4, -0.2) is 11.1 Å². The molecular weight excluding hydrogens is 161 g/mol. The van der Waals surface area contributed by atoms with Gasteiger partial charge in [-0.2, -0.15) is 0 Å². The Morgan fingerprint density at radius 1 is 1.58 bits per heavy atom. The number of carboxylic acid groups (broad SMARTS) is 1. The lowest BCUT2D eigenvalue weighted by molar-refractivity contribution is 0.0696. The summed E-state index contributed by atoms with van der Waals surface area (Å²) in [6.07, 6.45) is 0. The van der Waals surface area contributed by atoms with Crippen LogP contribution >= 0.6 is 0 Å². The molecule has 0 saturated carbocycles. The van der Waals surface area contributed by atoms with Crippen molar-refractivity contribution in [3.8, 4) is 0 Å². The number of nitrogen functional groups attached to an aromatic ring is 1. The zero-order valence-corrected chi connectivity index (χ0v) is 6.47. The molecule has 0 spiro atoms. The summed E-state index contributed by atoms with van der Waals surface area (Å²) in [4.78, 5) is 10.5. The van der Waals surface area contributed by atoms with Gasteiger partial charge in [0.15, 0.2) is 0 Å². The number of anilines is 1. The van der Waals surface area contributed by atoms with Crippen molar-refractivity contribution in [3.05, 3.63) is 29.1 Å². The van der Waals surface area contributed by atoms with Gasteiger partial charge in [0, 0.05) is 0 Å². The van der Waals surface area contributed by atoms with Crippen molar-refractivity contribution in [2.45, 2.75) is 6.92 Å². The molecule has 0 fully saturated rings. The number of hydrogen-bond acceptors (Lipinski definition) is 2. The normalized spacial score (nSPS) is 9.83. The highest BCUT2D eigenvalue weighted by Crippen LogP contribution is 2.19. The van der Waals surface area contributed by atoms with Gasteiger partial charge in [-0.25, -0.2) is 9.18 Å². The van der Waals surface area contributed by atoms with Crippen LogP contribution in [0.2, 0.25) is 0 Å². The maximum atomic E-state index is 12.7. The maximum Gasteiger partial charge on any atom is 0.336 e. The van der Waals surface area contributed by atoms with E-state index in [1.807, 2.05) is 0 Å². The Morgan fingerprint density at radius 3 is 2.67 bits per heavy atom. The van der Waals surface area contributed by atoms with Crippen molar-refractivity contribution < 1.29 is 14.3 Å². The van der Waals surface area contributed by atoms with Gasteiger partial charge in [-0.1, -0.05) is 0 Å². The van der Waals surface area contributed by atoms with E-state index in [1.54, 1.807) is 0 Å². The van der Waals surface area contributed by atoms with E-state index in [0.717, 1.165) is 6.07 Å². The van der Waals surface area contributed by atoms with Crippen molar-refractivity contribution in [2.24, 2.45) is 0 Å². The highest BCUT2D eigenvalue weighted by atomic mass is 19.1. The molecule has 0 unspecified atom stereocenters. The van der Waals surface area contributed by atoms with Crippen LogP contribution < -0.4 is 5.73 Å². The smallest absolute Gasteiger partial charge is 0.336 e. The second-order valence-corrected chi connectivity index (χ2v) is 2.44. The quantitative estimate of drug-likeness (QED) is 0.625. The van der Waals surface area contributed by atoms with Crippen LogP contribution in [-0.2, 0) is 0 Å². The Bertz CT molecular complexity index is 336. The van der Waals surface area contributed by atoms with Crippen molar-refractivity contribution in [1.82, 2.24) is 0 Å². The van der Waals surface area contributed by atoms with E-state index < -0.39 is 11.8 Å². The molecule has 0 heterocycles. The summed E-state index contributed by atoms with van der Waals surface area (Å²) < 4.78 is 12.7. The number of benzene rings is 1. The van der Waals surface area contributed by atoms with Gasteiger partial charge in [0.1, 0.15) is 5.82 Å². The van der Waals surface area contributed by atoms with Gasteiger partial charge in [0.05, 0.1) is 11.3 Å². The third-order valence-electron chi connectivity index (χ3n) is 1.69. The molecule has 64 valence electrons. The van der Waals surface area contributed by atoms with Gasteiger partial charge in [0.2, 0.25) is 0 Å². The molecule has 1 aromatic carbocycles. The number of nitrogens with two attached hydrogens (primary N) is 1. The SMILES string of the molecule is Cc1c(C(=O)O)ccc(F)c1N. The molecule has 0 bridgehead atoms. The second-order valence-electron chi connectivity index (χ2n) is 2.44. The third kappa shape index (κ3) is 1.23. The number of carbonyl (C=O) groups is 1. The summed E-state index contributed by atoms with van der Waals surface area (Å²) in [7, 11) is 0. The zero-order chi connectivity index (χ0) is 9.30. The van der Waals surface area contributed by atoms with E-state index in [1.165, 1.54) is 13.0 Å². The molecule has 0 atom stereocenters. The van der Waals surface area contributed by atoms with Gasteiger partial charge in [-0.05, 0) is 24.6 Å². The number of hydrogen-bond donors (Lipinski definition) is 2. The monoisotopic (exact) mass is 169 g/mol. The van der Waals surface area contributed by atoms with E-state index in [0.29, 0.717) is 0 Å². The summed E-state index contributed by atoms with van der Waals surface area (Å²) in [5, 5.41) is 8.60. The number of rotatable bonds is 1. The average Bonchev–Trinajstić information content (AvgIpc) is 2.00. The Morgan fingerprint density at radius 2 is 2.17 bits per heavy atom. The molecule has 0 aromatic heterocycles. The molecule has 0 aliphatic carbocycles. The first-order valence-electron chi connectivity index (χ1n) is 3.32. The fourth-order valence-electron chi connectivity index (χ4n) is 0.927. The zero-order valence-electron chi connectivity index (χ0n) is 6.47. The Balaban J connectivity index is 3.36. The molecule has 0 aliphatic heterocycles. The van der Waals surface area contributed by atoms with Crippen LogP contribution in [0.5, 0.6) is 0 Å². The summed E-state index contributed by atoms with van der Waals surface area (Å²) in [5.41, 5.74) is 5.48. The van der Waals surface area contributed by atoms with Gasteiger partial charge < -0.3 is 10.8 Å². The maximum absolute atomic E-state index is 12.7. The molecule has 0 radical (unpaired) electrons. The van der Waals surface area contributed by atoms with Crippen molar-refractivity contribution in [2.75, 3.05) is 5.73 Å². The van der Waals surface area contributed by atoms with Crippen molar-refractivity contribution in [3.63, 3.8) is 0 Å². The van der Waals surface area contributed by atoms with E-state index in [4.69, 9.17) is 10.8 Å². The molecule has 3 nitrogen and oxygen atoms in total. The molecular formula is C8H8FNO2. The predicted molar refractivity (Wildman–Crippen MR) is 42.5 cm³/mol. The minimum Gasteiger partial charge on any atom is -0.478 e. The highest BCUT2D eigenvalue weighted by Gasteiger charge is 2.11. The minimum atomic E-state index is -1.10. The van der Waals surface area contributed by atoms with Crippen LogP contribution in [0.4, 0.5) is 10.1 Å². The average molecular weight is 169 g/mol. The molecule has 3 N–H and O–H groups in total. The molecule has 0 aliphatic rings. The van der Waals surface area contributed by atoms with Crippen LogP contribution in [0.3, 0.4) is 0 Å². The van der Waals surface area contributed by atoms with Crippen LogP contribution in [0.1, 0.15) is 15.9 Å². The van der Waals surface area contributed by atoms with E-state index in [-0.39, 0.29) is 16.8 Å². The fourth-order valence-corrected chi connectivity index (χ4v) is 0.927. The van der Waals surface area contributed by atoms with Gasteiger partial charge in [0.25, 0.3) is 0 Å². The Kier molecular flexibility index (Phi) is 1.99. The first kappa shape index (κ1) is 8.52. The largest absolute Gasteiger partial charge is 0.478 e. The van der Waals surface area contributed by atoms with E-state index in [2.05, 4.69) is 0 Å². The fraction of sp³-hybridized carbons (Fsp3) is 0.125. The molecule has 12 heavy (non-hydrogen) atoms.